The molecule has 0 aromatic heterocycles. The van der Waals surface area contributed by atoms with Gasteiger partial charge in [0.05, 0.1) is 12.8 Å². The highest BCUT2D eigenvalue weighted by molar-refractivity contribution is 5.97. The Morgan fingerprint density at radius 1 is 1.09 bits per heavy atom. The third-order valence-corrected chi connectivity index (χ3v) is 4.48. The van der Waals surface area contributed by atoms with E-state index < -0.39 is 0 Å². The smallest absolute Gasteiger partial charge is 0.227 e. The van der Waals surface area contributed by atoms with Crippen molar-refractivity contribution in [2.45, 2.75) is 32.1 Å². The molecule has 124 valence electrons. The molecule has 2 heterocycles. The van der Waals surface area contributed by atoms with Gasteiger partial charge in [-0.1, -0.05) is 6.07 Å². The summed E-state index contributed by atoms with van der Waals surface area (Å²) in [6, 6.07) is 7.88. The Kier molecular flexibility index (Phi) is 5.16. The third-order valence-electron chi connectivity index (χ3n) is 4.48. The largest absolute Gasteiger partial charge is 0.497 e. The number of hydrogen-bond donors (Lipinski definition) is 0. The number of rotatable bonds is 2. The molecule has 0 saturated carbocycles. The van der Waals surface area contributed by atoms with E-state index >= 15 is 0 Å². The Morgan fingerprint density at radius 3 is 2.61 bits per heavy atom. The first-order chi connectivity index (χ1) is 11.3. The number of ether oxygens (including phenoxy) is 1. The predicted molar refractivity (Wildman–Crippen MR) is 94.8 cm³/mol. The van der Waals surface area contributed by atoms with Crippen molar-refractivity contribution >= 4 is 17.5 Å². The first-order valence-electron chi connectivity index (χ1n) is 8.52. The summed E-state index contributed by atoms with van der Waals surface area (Å²) in [5.74, 6) is 2.83. The summed E-state index contributed by atoms with van der Waals surface area (Å²) < 4.78 is 5.31. The van der Waals surface area contributed by atoms with Crippen LogP contribution in [-0.4, -0.2) is 55.4 Å². The van der Waals surface area contributed by atoms with E-state index in [0.29, 0.717) is 0 Å². The fourth-order valence-electron chi connectivity index (χ4n) is 3.11. The molecule has 0 N–H and O–H groups in total. The number of amidine groups is 1. The molecule has 3 rings (SSSR count). The average Bonchev–Trinajstić information content (AvgIpc) is 3.00. The highest BCUT2D eigenvalue weighted by Crippen LogP contribution is 2.22. The van der Waals surface area contributed by atoms with Gasteiger partial charge in [0.2, 0.25) is 5.96 Å². The maximum absolute atomic E-state index is 5.31. The minimum atomic E-state index is 0.829. The van der Waals surface area contributed by atoms with Crippen LogP contribution in [-0.2, 0) is 0 Å². The van der Waals surface area contributed by atoms with Crippen LogP contribution < -0.4 is 4.74 Å². The average molecular weight is 314 g/mol. The topological polar surface area (TPSA) is 40.4 Å². The molecule has 5 heteroatoms. The Morgan fingerprint density at radius 2 is 1.91 bits per heavy atom. The van der Waals surface area contributed by atoms with Gasteiger partial charge in [-0.2, -0.15) is 4.99 Å². The lowest BCUT2D eigenvalue weighted by molar-refractivity contribution is 0.339. The van der Waals surface area contributed by atoms with Crippen molar-refractivity contribution in [1.82, 2.24) is 9.80 Å². The number of piperidine rings is 1. The molecule has 2 fully saturated rings. The normalized spacial score (nSPS) is 21.1. The zero-order valence-electron chi connectivity index (χ0n) is 14.2. The van der Waals surface area contributed by atoms with Crippen molar-refractivity contribution in [3.63, 3.8) is 0 Å². The number of hydrogen-bond acceptors (Lipinski definition) is 2. The number of guanidine groups is 1. The molecule has 2 aliphatic heterocycles. The summed E-state index contributed by atoms with van der Waals surface area (Å²) >= 11 is 0. The van der Waals surface area contributed by atoms with Gasteiger partial charge in [-0.3, -0.25) is 0 Å². The molecule has 0 atom stereocenters. The van der Waals surface area contributed by atoms with Crippen molar-refractivity contribution < 1.29 is 4.74 Å². The van der Waals surface area contributed by atoms with Gasteiger partial charge < -0.3 is 14.5 Å². The molecule has 0 radical (unpaired) electrons. The van der Waals surface area contributed by atoms with Crippen LogP contribution in [0.15, 0.2) is 34.3 Å². The van der Waals surface area contributed by atoms with Crippen LogP contribution in [0.1, 0.15) is 32.1 Å². The van der Waals surface area contributed by atoms with Crippen molar-refractivity contribution in [3.05, 3.63) is 24.3 Å². The third kappa shape index (κ3) is 4.03. The first kappa shape index (κ1) is 15.8. The molecular weight excluding hydrogens is 288 g/mol. The van der Waals surface area contributed by atoms with Gasteiger partial charge in [-0.25, -0.2) is 4.99 Å². The van der Waals surface area contributed by atoms with E-state index in [0.717, 1.165) is 49.3 Å². The predicted octanol–water partition coefficient (Wildman–Crippen LogP) is 3.29. The van der Waals surface area contributed by atoms with E-state index in [1.807, 2.05) is 24.3 Å². The quantitative estimate of drug-likeness (QED) is 0.621. The van der Waals surface area contributed by atoms with Crippen molar-refractivity contribution in [1.29, 1.82) is 0 Å². The van der Waals surface area contributed by atoms with E-state index in [1.165, 1.54) is 25.7 Å². The highest BCUT2D eigenvalue weighted by atomic mass is 16.5. The van der Waals surface area contributed by atoms with Crippen LogP contribution >= 0.6 is 0 Å². The fourth-order valence-corrected chi connectivity index (χ4v) is 3.11. The number of benzene rings is 1. The van der Waals surface area contributed by atoms with Crippen LogP contribution in [0.25, 0.3) is 0 Å². The monoisotopic (exact) mass is 314 g/mol. The molecule has 1 aromatic carbocycles. The van der Waals surface area contributed by atoms with Crippen molar-refractivity contribution in [2.24, 2.45) is 9.98 Å². The maximum atomic E-state index is 5.31. The molecule has 1 aromatic rings. The minimum Gasteiger partial charge on any atom is -0.497 e. The zero-order chi connectivity index (χ0) is 16.1. The molecule has 23 heavy (non-hydrogen) atoms. The lowest BCUT2D eigenvalue weighted by Crippen LogP contribution is -2.36. The van der Waals surface area contributed by atoms with E-state index in [4.69, 9.17) is 14.7 Å². The molecule has 0 spiro atoms. The van der Waals surface area contributed by atoms with Gasteiger partial charge in [0.1, 0.15) is 11.6 Å². The summed E-state index contributed by atoms with van der Waals surface area (Å²) in [5, 5.41) is 0. The van der Waals surface area contributed by atoms with Crippen LogP contribution in [0.4, 0.5) is 5.69 Å². The Labute approximate surface area is 138 Å². The Bertz CT molecular complexity index is 590. The van der Waals surface area contributed by atoms with Crippen LogP contribution in [0.5, 0.6) is 5.75 Å². The maximum Gasteiger partial charge on any atom is 0.227 e. The lowest BCUT2D eigenvalue weighted by Gasteiger charge is -2.28. The van der Waals surface area contributed by atoms with Crippen molar-refractivity contribution in [2.75, 3.05) is 33.8 Å². The number of aliphatic imine (C=N–C) groups is 2. The van der Waals surface area contributed by atoms with Gasteiger partial charge in [0, 0.05) is 39.2 Å². The molecular formula is C18H26N4O. The Hall–Kier alpha value is -2.04. The Balaban J connectivity index is 1.91. The lowest BCUT2D eigenvalue weighted by atomic mass is 10.1. The summed E-state index contributed by atoms with van der Waals surface area (Å²) in [6.45, 7) is 3.18. The second-order valence-corrected chi connectivity index (χ2v) is 6.21. The molecule has 5 nitrogen and oxygen atoms in total. The molecule has 0 unspecified atom stereocenters. The van der Waals surface area contributed by atoms with E-state index in [-0.39, 0.29) is 0 Å². The van der Waals surface area contributed by atoms with Crippen LogP contribution in [0, 0.1) is 0 Å². The highest BCUT2D eigenvalue weighted by Gasteiger charge is 2.19. The van der Waals surface area contributed by atoms with E-state index in [2.05, 4.69) is 16.8 Å². The molecule has 0 aliphatic carbocycles. The zero-order valence-corrected chi connectivity index (χ0v) is 14.2. The van der Waals surface area contributed by atoms with Gasteiger partial charge in [0.25, 0.3) is 0 Å². The minimum absolute atomic E-state index is 0.829. The number of methoxy groups -OCH3 is 1. The fraction of sp³-hybridized carbons (Fsp3) is 0.556. The van der Waals surface area contributed by atoms with E-state index in [9.17, 15) is 0 Å². The number of nitrogens with zero attached hydrogens (tertiary/aromatic N) is 4. The van der Waals surface area contributed by atoms with Gasteiger partial charge >= 0.3 is 0 Å². The first-order valence-corrected chi connectivity index (χ1v) is 8.52. The SMILES string of the molecule is COc1cccc(N=C(N=C2CCCN2C)N2CCCCC2)c1. The van der Waals surface area contributed by atoms with Crippen LogP contribution in [0.2, 0.25) is 0 Å². The second-order valence-electron chi connectivity index (χ2n) is 6.21. The van der Waals surface area contributed by atoms with Crippen LogP contribution in [0.3, 0.4) is 0 Å². The number of likely N-dealkylation sites (tertiary alicyclic amines) is 2. The van der Waals surface area contributed by atoms with Gasteiger partial charge in [0.15, 0.2) is 0 Å². The van der Waals surface area contributed by atoms with Gasteiger partial charge in [-0.15, -0.1) is 0 Å². The van der Waals surface area contributed by atoms with Crippen molar-refractivity contribution in [3.8, 4) is 5.75 Å². The second kappa shape index (κ2) is 7.49. The van der Waals surface area contributed by atoms with E-state index in [1.54, 1.807) is 7.11 Å². The molecule has 0 bridgehead atoms. The molecule has 2 aliphatic rings. The molecule has 2 saturated heterocycles. The molecule has 0 amide bonds. The summed E-state index contributed by atoms with van der Waals surface area (Å²) in [6.07, 6.45) is 5.97. The standard InChI is InChI=1S/C18H26N4O/c1-21-11-7-10-17(21)20-18(22-12-4-3-5-13-22)19-15-8-6-9-16(14-15)23-2/h6,8-9,14H,3-5,7,10-13H2,1-2H3. The van der Waals surface area contributed by atoms with Gasteiger partial charge in [-0.05, 0) is 37.8 Å². The summed E-state index contributed by atoms with van der Waals surface area (Å²) in [4.78, 5) is 14.3. The summed E-state index contributed by atoms with van der Waals surface area (Å²) in [5.41, 5.74) is 0.898. The summed E-state index contributed by atoms with van der Waals surface area (Å²) in [7, 11) is 3.80.